The number of pyridine rings is 1. The lowest BCUT2D eigenvalue weighted by atomic mass is 10.1. The smallest absolute Gasteiger partial charge is 0.239 e. The van der Waals surface area contributed by atoms with E-state index in [1.807, 2.05) is 17.0 Å². The van der Waals surface area contributed by atoms with E-state index in [9.17, 15) is 9.59 Å². The predicted octanol–water partition coefficient (Wildman–Crippen LogP) is 1.98. The Labute approximate surface area is 156 Å². The third-order valence-corrected chi connectivity index (χ3v) is 5.87. The van der Waals surface area contributed by atoms with E-state index in [2.05, 4.69) is 40.7 Å². The summed E-state index contributed by atoms with van der Waals surface area (Å²) in [6.45, 7) is 3.74. The average molecular weight is 368 g/mol. The van der Waals surface area contributed by atoms with Crippen LogP contribution in [-0.4, -0.2) is 41.7 Å². The summed E-state index contributed by atoms with van der Waals surface area (Å²) in [7, 11) is 0. The van der Waals surface area contributed by atoms with E-state index in [4.69, 9.17) is 0 Å². The maximum Gasteiger partial charge on any atom is 0.239 e. The van der Waals surface area contributed by atoms with Crippen LogP contribution in [-0.2, 0) is 16.0 Å². The van der Waals surface area contributed by atoms with Crippen LogP contribution < -0.4 is 15.5 Å². The van der Waals surface area contributed by atoms with Gasteiger partial charge in [-0.15, -0.1) is 11.8 Å². The van der Waals surface area contributed by atoms with Crippen LogP contribution >= 0.6 is 11.8 Å². The SMILES string of the molecule is Cc1ccc2c(c1)SC(C(=O)Nc1ccc(N3CCNC(=O)C3)nc1)C2. The molecule has 1 aromatic carbocycles. The highest BCUT2D eigenvalue weighted by Crippen LogP contribution is 2.38. The van der Waals surface area contributed by atoms with Gasteiger partial charge >= 0.3 is 0 Å². The van der Waals surface area contributed by atoms with E-state index in [-0.39, 0.29) is 17.1 Å². The van der Waals surface area contributed by atoms with Crippen molar-refractivity contribution in [3.8, 4) is 0 Å². The fraction of sp³-hybridized carbons (Fsp3) is 0.316. The van der Waals surface area contributed by atoms with Crippen molar-refractivity contribution in [3.63, 3.8) is 0 Å². The van der Waals surface area contributed by atoms with Crippen LogP contribution in [0.1, 0.15) is 11.1 Å². The number of thioether (sulfide) groups is 1. The van der Waals surface area contributed by atoms with Gasteiger partial charge in [-0.2, -0.15) is 0 Å². The van der Waals surface area contributed by atoms with Crippen molar-refractivity contribution in [3.05, 3.63) is 47.7 Å². The molecule has 2 N–H and O–H groups in total. The summed E-state index contributed by atoms with van der Waals surface area (Å²) in [4.78, 5) is 31.6. The molecule has 1 aromatic heterocycles. The van der Waals surface area contributed by atoms with Crippen molar-refractivity contribution in [2.24, 2.45) is 0 Å². The lowest BCUT2D eigenvalue weighted by Crippen LogP contribution is -2.48. The molecule has 2 aliphatic heterocycles. The van der Waals surface area contributed by atoms with E-state index in [1.165, 1.54) is 16.0 Å². The fourth-order valence-electron chi connectivity index (χ4n) is 3.18. The number of amides is 2. The molecule has 6 nitrogen and oxygen atoms in total. The fourth-order valence-corrected chi connectivity index (χ4v) is 4.48. The molecule has 0 aliphatic carbocycles. The van der Waals surface area contributed by atoms with Gasteiger partial charge in [-0.3, -0.25) is 9.59 Å². The van der Waals surface area contributed by atoms with Crippen molar-refractivity contribution in [1.29, 1.82) is 0 Å². The first kappa shape index (κ1) is 16.9. The topological polar surface area (TPSA) is 74.3 Å². The summed E-state index contributed by atoms with van der Waals surface area (Å²) in [6, 6.07) is 10.0. The van der Waals surface area contributed by atoms with Crippen LogP contribution in [0.15, 0.2) is 41.4 Å². The molecule has 0 spiro atoms. The van der Waals surface area contributed by atoms with Crippen molar-refractivity contribution < 1.29 is 9.59 Å². The molecule has 1 fully saturated rings. The summed E-state index contributed by atoms with van der Waals surface area (Å²) in [5, 5.41) is 5.63. The second-order valence-electron chi connectivity index (χ2n) is 6.59. The molecule has 0 saturated carbocycles. The molecule has 2 aliphatic rings. The highest BCUT2D eigenvalue weighted by Gasteiger charge is 2.28. The Hall–Kier alpha value is -2.54. The van der Waals surface area contributed by atoms with Gasteiger partial charge in [-0.1, -0.05) is 17.7 Å². The number of rotatable bonds is 3. The van der Waals surface area contributed by atoms with E-state index >= 15 is 0 Å². The zero-order valence-electron chi connectivity index (χ0n) is 14.5. The first-order chi connectivity index (χ1) is 12.6. The van der Waals surface area contributed by atoms with Crippen molar-refractivity contribution in [1.82, 2.24) is 10.3 Å². The van der Waals surface area contributed by atoms with Gasteiger partial charge in [0, 0.05) is 18.0 Å². The van der Waals surface area contributed by atoms with Crippen molar-refractivity contribution >= 4 is 35.1 Å². The number of piperazine rings is 1. The number of carbonyl (C=O) groups is 2. The van der Waals surface area contributed by atoms with Crippen LogP contribution in [0.3, 0.4) is 0 Å². The number of fused-ring (bicyclic) bond motifs is 1. The minimum absolute atomic E-state index is 0.00323. The van der Waals surface area contributed by atoms with Gasteiger partial charge in [0.05, 0.1) is 23.7 Å². The molecule has 1 saturated heterocycles. The van der Waals surface area contributed by atoms with Gasteiger partial charge in [0.1, 0.15) is 5.82 Å². The monoisotopic (exact) mass is 368 g/mol. The molecule has 2 amide bonds. The zero-order chi connectivity index (χ0) is 18.1. The largest absolute Gasteiger partial charge is 0.353 e. The number of hydrogen-bond acceptors (Lipinski definition) is 5. The molecular weight excluding hydrogens is 348 g/mol. The van der Waals surface area contributed by atoms with E-state index in [1.54, 1.807) is 18.0 Å². The lowest BCUT2D eigenvalue weighted by molar-refractivity contribution is -0.120. The molecule has 0 radical (unpaired) electrons. The second kappa shape index (κ2) is 6.99. The molecule has 4 rings (SSSR count). The lowest BCUT2D eigenvalue weighted by Gasteiger charge is -2.27. The molecule has 2 aromatic rings. The molecule has 134 valence electrons. The Kier molecular flexibility index (Phi) is 4.55. The Morgan fingerprint density at radius 3 is 3.00 bits per heavy atom. The van der Waals surface area contributed by atoms with E-state index in [0.717, 1.165) is 18.8 Å². The van der Waals surface area contributed by atoms with E-state index in [0.29, 0.717) is 18.8 Å². The highest BCUT2D eigenvalue weighted by molar-refractivity contribution is 8.01. The maximum atomic E-state index is 12.6. The molecule has 26 heavy (non-hydrogen) atoms. The molecule has 1 unspecified atom stereocenters. The van der Waals surface area contributed by atoms with Crippen LogP contribution in [0.25, 0.3) is 0 Å². The van der Waals surface area contributed by atoms with Gasteiger partial charge in [0.2, 0.25) is 11.8 Å². The Morgan fingerprint density at radius 2 is 2.23 bits per heavy atom. The Bertz CT molecular complexity index is 853. The summed E-state index contributed by atoms with van der Waals surface area (Å²) >= 11 is 1.62. The second-order valence-corrected chi connectivity index (χ2v) is 7.83. The number of nitrogens with one attached hydrogen (secondary N) is 2. The van der Waals surface area contributed by atoms with Gasteiger partial charge in [0.15, 0.2) is 0 Å². The third-order valence-electron chi connectivity index (χ3n) is 4.57. The third kappa shape index (κ3) is 3.53. The first-order valence-electron chi connectivity index (χ1n) is 8.63. The first-order valence-corrected chi connectivity index (χ1v) is 9.51. The van der Waals surface area contributed by atoms with Gasteiger partial charge < -0.3 is 15.5 Å². The molecule has 3 heterocycles. The van der Waals surface area contributed by atoms with Crippen LogP contribution in [0, 0.1) is 6.92 Å². The van der Waals surface area contributed by atoms with Crippen LogP contribution in [0.2, 0.25) is 0 Å². The number of aryl methyl sites for hydroxylation is 1. The average Bonchev–Trinajstić information content (AvgIpc) is 3.05. The molecule has 1 atom stereocenters. The molecule has 0 bridgehead atoms. The quantitative estimate of drug-likeness (QED) is 0.867. The number of aromatic nitrogens is 1. The number of anilines is 2. The van der Waals surface area contributed by atoms with Crippen LogP contribution in [0.5, 0.6) is 0 Å². The Balaban J connectivity index is 1.38. The molecule has 7 heteroatoms. The maximum absolute atomic E-state index is 12.6. The highest BCUT2D eigenvalue weighted by atomic mass is 32.2. The van der Waals surface area contributed by atoms with Crippen molar-refractivity contribution in [2.45, 2.75) is 23.5 Å². The number of hydrogen-bond donors (Lipinski definition) is 2. The molecular formula is C19H20N4O2S. The number of nitrogens with zero attached hydrogens (tertiary/aromatic N) is 2. The predicted molar refractivity (Wildman–Crippen MR) is 103 cm³/mol. The summed E-state index contributed by atoms with van der Waals surface area (Å²) in [6.07, 6.45) is 2.40. The summed E-state index contributed by atoms with van der Waals surface area (Å²) in [5.74, 6) is 0.746. The standard InChI is InChI=1S/C19H20N4O2S/c1-12-2-3-13-9-16(26-15(13)8-12)19(25)22-14-4-5-17(21-10-14)23-7-6-20-18(24)11-23/h2-5,8,10,16H,6-7,9,11H2,1H3,(H,20,24)(H,22,25). The normalized spacial score (nSPS) is 19.0. The number of benzene rings is 1. The van der Waals surface area contributed by atoms with Gasteiger partial charge in [-0.05, 0) is 37.1 Å². The van der Waals surface area contributed by atoms with Crippen molar-refractivity contribution in [2.75, 3.05) is 29.9 Å². The van der Waals surface area contributed by atoms with Gasteiger partial charge in [-0.25, -0.2) is 4.98 Å². The van der Waals surface area contributed by atoms with E-state index < -0.39 is 0 Å². The zero-order valence-corrected chi connectivity index (χ0v) is 15.3. The Morgan fingerprint density at radius 1 is 1.35 bits per heavy atom. The number of carbonyl (C=O) groups excluding carboxylic acids is 2. The van der Waals surface area contributed by atoms with Gasteiger partial charge in [0.25, 0.3) is 0 Å². The summed E-state index contributed by atoms with van der Waals surface area (Å²) in [5.41, 5.74) is 3.12. The minimum Gasteiger partial charge on any atom is -0.353 e. The summed E-state index contributed by atoms with van der Waals surface area (Å²) < 4.78 is 0. The minimum atomic E-state index is -0.114. The van der Waals surface area contributed by atoms with Crippen LogP contribution in [0.4, 0.5) is 11.5 Å².